The molecule has 5 rings (SSSR count). The van der Waals surface area contributed by atoms with Crippen LogP contribution in [0.4, 0.5) is 4.39 Å². The van der Waals surface area contributed by atoms with Crippen LogP contribution in [0.25, 0.3) is 0 Å². The lowest BCUT2D eigenvalue weighted by Gasteiger charge is -2.42. The molecular formula is C21H31FN2O4S. The standard InChI is InChI=1S/C21H31FN2O4S/c1-29(25,26)23-18-6-4-12-24-13-14-27-20-7-3-2-5-17(20)16-8-10-21(22,11-9-16)28-15-19(18)24/h2-3,5,7,16,18-19,23H,4,6,8-15H2,1H3/t16?,18-,19?,21?/m0/s1. The molecule has 1 unspecified atom stereocenters. The Hall–Kier alpha value is -1.22. The van der Waals surface area contributed by atoms with Crippen LogP contribution >= 0.6 is 0 Å². The highest BCUT2D eigenvalue weighted by atomic mass is 32.2. The molecule has 1 aliphatic carbocycles. The maximum Gasteiger partial charge on any atom is 0.209 e. The van der Waals surface area contributed by atoms with Crippen LogP contribution in [-0.4, -0.2) is 63.8 Å². The van der Waals surface area contributed by atoms with E-state index in [0.29, 0.717) is 26.0 Å². The van der Waals surface area contributed by atoms with Crippen molar-refractivity contribution in [2.24, 2.45) is 0 Å². The smallest absolute Gasteiger partial charge is 0.209 e. The molecular weight excluding hydrogens is 395 g/mol. The molecule has 1 saturated heterocycles. The molecule has 3 heterocycles. The molecule has 3 aliphatic heterocycles. The van der Waals surface area contributed by atoms with Gasteiger partial charge in [0, 0.05) is 31.5 Å². The van der Waals surface area contributed by atoms with Crippen LogP contribution in [0.3, 0.4) is 0 Å². The Bertz CT molecular complexity index is 811. The number of halogens is 1. The molecule has 0 amide bonds. The minimum absolute atomic E-state index is 0.182. The van der Waals surface area contributed by atoms with E-state index in [4.69, 9.17) is 9.47 Å². The molecule has 1 N–H and O–H groups in total. The zero-order valence-corrected chi connectivity index (χ0v) is 17.8. The van der Waals surface area contributed by atoms with Crippen molar-refractivity contribution in [1.82, 2.24) is 9.62 Å². The Morgan fingerprint density at radius 2 is 1.93 bits per heavy atom. The second-order valence-electron chi connectivity index (χ2n) is 8.60. The molecule has 162 valence electrons. The van der Waals surface area contributed by atoms with Crippen molar-refractivity contribution in [1.29, 1.82) is 0 Å². The highest BCUT2D eigenvalue weighted by Gasteiger charge is 2.41. The van der Waals surface area contributed by atoms with Crippen molar-refractivity contribution in [3.8, 4) is 5.75 Å². The Labute approximate surface area is 172 Å². The van der Waals surface area contributed by atoms with E-state index in [1.165, 1.54) is 6.26 Å². The van der Waals surface area contributed by atoms with Crippen LogP contribution in [0.1, 0.15) is 50.0 Å². The van der Waals surface area contributed by atoms with Crippen LogP contribution in [0.2, 0.25) is 0 Å². The largest absolute Gasteiger partial charge is 0.492 e. The van der Waals surface area contributed by atoms with Crippen molar-refractivity contribution in [2.45, 2.75) is 62.4 Å². The van der Waals surface area contributed by atoms with Crippen molar-refractivity contribution in [3.63, 3.8) is 0 Å². The summed E-state index contributed by atoms with van der Waals surface area (Å²) in [5, 5.41) is 0. The van der Waals surface area contributed by atoms with Crippen molar-refractivity contribution >= 4 is 10.0 Å². The first kappa shape index (κ1) is 21.0. The number of fused-ring (bicyclic) bond motifs is 5. The molecule has 1 saturated carbocycles. The number of ether oxygens (including phenoxy) is 2. The summed E-state index contributed by atoms with van der Waals surface area (Å²) in [6.45, 7) is 2.16. The Balaban J connectivity index is 1.59. The van der Waals surface area contributed by atoms with Gasteiger partial charge in [0.05, 0.1) is 12.9 Å². The van der Waals surface area contributed by atoms with Gasteiger partial charge >= 0.3 is 0 Å². The van der Waals surface area contributed by atoms with Crippen LogP contribution < -0.4 is 9.46 Å². The number of sulfonamides is 1. The molecule has 1 aromatic rings. The van der Waals surface area contributed by atoms with Gasteiger partial charge in [-0.25, -0.2) is 17.5 Å². The average Bonchev–Trinajstić information content (AvgIpc) is 2.68. The minimum atomic E-state index is -3.35. The third-order valence-corrected chi connectivity index (χ3v) is 7.23. The lowest BCUT2D eigenvalue weighted by molar-refractivity contribution is -0.180. The summed E-state index contributed by atoms with van der Waals surface area (Å²) in [6.07, 6.45) is 4.91. The third kappa shape index (κ3) is 5.10. The first-order chi connectivity index (χ1) is 13.8. The number of benzene rings is 1. The van der Waals surface area contributed by atoms with Crippen LogP contribution in [0.15, 0.2) is 24.3 Å². The molecule has 6 nitrogen and oxygen atoms in total. The third-order valence-electron chi connectivity index (χ3n) is 6.50. The van der Waals surface area contributed by atoms with Gasteiger partial charge in [0.2, 0.25) is 15.9 Å². The molecule has 4 aliphatic rings. The lowest BCUT2D eigenvalue weighted by atomic mass is 9.81. The second-order valence-corrected chi connectivity index (χ2v) is 10.4. The Morgan fingerprint density at radius 3 is 2.69 bits per heavy atom. The van der Waals surface area contributed by atoms with E-state index in [1.807, 2.05) is 18.2 Å². The average molecular weight is 427 g/mol. The Kier molecular flexibility index (Phi) is 6.16. The molecule has 0 aromatic heterocycles. The fourth-order valence-electron chi connectivity index (χ4n) is 5.00. The summed E-state index contributed by atoms with van der Waals surface area (Å²) >= 11 is 0. The van der Waals surface area contributed by atoms with Crippen LogP contribution in [0.5, 0.6) is 5.75 Å². The van der Waals surface area contributed by atoms with Gasteiger partial charge in [-0.3, -0.25) is 4.90 Å². The first-order valence-corrected chi connectivity index (χ1v) is 12.5. The Morgan fingerprint density at radius 1 is 1.17 bits per heavy atom. The number of piperidine rings is 1. The van der Waals surface area contributed by atoms with E-state index in [9.17, 15) is 8.42 Å². The highest BCUT2D eigenvalue weighted by molar-refractivity contribution is 7.88. The normalized spacial score (nSPS) is 34.1. The van der Waals surface area contributed by atoms with Gasteiger partial charge in [-0.2, -0.15) is 0 Å². The van der Waals surface area contributed by atoms with E-state index in [-0.39, 0.29) is 24.6 Å². The number of nitrogens with one attached hydrogen (secondary N) is 1. The number of nitrogens with zero attached hydrogens (tertiary/aromatic N) is 1. The summed E-state index contributed by atoms with van der Waals surface area (Å²) in [7, 11) is -3.35. The molecule has 29 heavy (non-hydrogen) atoms. The van der Waals surface area contributed by atoms with Gasteiger partial charge in [-0.1, -0.05) is 18.2 Å². The van der Waals surface area contributed by atoms with Gasteiger partial charge in [-0.05, 0) is 49.8 Å². The van der Waals surface area contributed by atoms with E-state index < -0.39 is 15.9 Å². The van der Waals surface area contributed by atoms with Gasteiger partial charge in [0.1, 0.15) is 12.4 Å². The van der Waals surface area contributed by atoms with Gasteiger partial charge < -0.3 is 9.47 Å². The summed E-state index contributed by atoms with van der Waals surface area (Å²) in [4.78, 5) is 2.18. The topological polar surface area (TPSA) is 67.9 Å². The van der Waals surface area contributed by atoms with E-state index in [0.717, 1.165) is 43.5 Å². The maximum atomic E-state index is 15.4. The van der Waals surface area contributed by atoms with Gasteiger partial charge in [-0.15, -0.1) is 0 Å². The van der Waals surface area contributed by atoms with E-state index in [2.05, 4.69) is 15.7 Å². The number of para-hydroxylation sites is 1. The fraction of sp³-hybridized carbons (Fsp3) is 0.714. The summed E-state index contributed by atoms with van der Waals surface area (Å²) < 4.78 is 53.9. The highest BCUT2D eigenvalue weighted by Crippen LogP contribution is 2.43. The quantitative estimate of drug-likeness (QED) is 0.788. The summed E-state index contributed by atoms with van der Waals surface area (Å²) in [6, 6.07) is 7.57. The van der Waals surface area contributed by atoms with E-state index in [1.54, 1.807) is 0 Å². The fourth-order valence-corrected chi connectivity index (χ4v) is 5.82. The van der Waals surface area contributed by atoms with Crippen molar-refractivity contribution < 1.29 is 22.3 Å². The van der Waals surface area contributed by atoms with E-state index >= 15 is 4.39 Å². The molecule has 2 fully saturated rings. The van der Waals surface area contributed by atoms with Crippen LogP contribution in [-0.2, 0) is 14.8 Å². The summed E-state index contributed by atoms with van der Waals surface area (Å²) in [5.74, 6) is -0.482. The van der Waals surface area contributed by atoms with Crippen LogP contribution in [0, 0.1) is 0 Å². The maximum absolute atomic E-state index is 15.4. The number of alkyl halides is 1. The first-order valence-electron chi connectivity index (χ1n) is 10.6. The van der Waals surface area contributed by atoms with Gasteiger partial charge in [0.25, 0.3) is 0 Å². The number of hydrogen-bond acceptors (Lipinski definition) is 5. The lowest BCUT2D eigenvalue weighted by Crippen LogP contribution is -2.58. The van der Waals surface area contributed by atoms with Crippen molar-refractivity contribution in [3.05, 3.63) is 29.8 Å². The second kappa shape index (κ2) is 8.49. The molecule has 2 bridgehead atoms. The zero-order chi connectivity index (χ0) is 20.5. The SMILES string of the molecule is CS(=O)(=O)N[C@H]1CCCN2CCOc3ccccc3C3CCC(F)(CC3)OCC12. The number of hydrogen-bond donors (Lipinski definition) is 1. The predicted octanol–water partition coefficient (Wildman–Crippen LogP) is 2.80. The zero-order valence-electron chi connectivity index (χ0n) is 17.0. The molecule has 2 atom stereocenters. The molecule has 0 spiro atoms. The predicted molar refractivity (Wildman–Crippen MR) is 109 cm³/mol. The van der Waals surface area contributed by atoms with Gasteiger partial charge in [0.15, 0.2) is 0 Å². The van der Waals surface area contributed by atoms with Crippen molar-refractivity contribution in [2.75, 3.05) is 32.6 Å². The summed E-state index contributed by atoms with van der Waals surface area (Å²) in [5.41, 5.74) is 1.15. The number of rotatable bonds is 2. The molecule has 8 heteroatoms. The monoisotopic (exact) mass is 426 g/mol. The minimum Gasteiger partial charge on any atom is -0.492 e. The molecule has 1 aromatic carbocycles. The molecule has 0 radical (unpaired) electrons.